The van der Waals surface area contributed by atoms with Crippen molar-refractivity contribution in [2.24, 2.45) is 0 Å². The zero-order valence-corrected chi connectivity index (χ0v) is 17.5. The van der Waals surface area contributed by atoms with Gasteiger partial charge in [0.05, 0.1) is 11.5 Å². The highest BCUT2D eigenvalue weighted by molar-refractivity contribution is 7.89. The average Bonchev–Trinajstić information content (AvgIpc) is 3.25. The molecule has 0 aromatic heterocycles. The first-order valence-electron chi connectivity index (χ1n) is 9.82. The number of ether oxygens (including phenoxy) is 2. The summed E-state index contributed by atoms with van der Waals surface area (Å²) in [5, 5.41) is 0. The Bertz CT molecular complexity index is 981. The Labute approximate surface area is 176 Å². The van der Waals surface area contributed by atoms with Crippen molar-refractivity contribution < 1.29 is 27.1 Å². The maximum absolute atomic E-state index is 13.2. The Hall–Kier alpha value is -2.87. The summed E-state index contributed by atoms with van der Waals surface area (Å²) in [6.07, 6.45) is 5.79. The van der Waals surface area contributed by atoms with Crippen molar-refractivity contribution in [2.75, 3.05) is 6.61 Å². The fourth-order valence-electron chi connectivity index (χ4n) is 3.32. The third-order valence-corrected chi connectivity index (χ3v) is 6.62. The van der Waals surface area contributed by atoms with E-state index >= 15 is 0 Å². The molecule has 0 bridgehead atoms. The second-order valence-corrected chi connectivity index (χ2v) is 8.71. The van der Waals surface area contributed by atoms with E-state index in [0.717, 1.165) is 31.8 Å². The topological polar surface area (TPSA) is 72.9 Å². The van der Waals surface area contributed by atoms with Crippen molar-refractivity contribution in [3.8, 4) is 11.5 Å². The maximum Gasteiger partial charge on any atom is 0.332 e. The van der Waals surface area contributed by atoms with E-state index in [0.29, 0.717) is 11.5 Å². The maximum atomic E-state index is 13.2. The standard InChI is InChI=1S/C22H24FNO5S/c1-2-28-22(25)15-16-24(18-5-3-4-6-18)30(26,27)21-13-11-20(12-14-21)29-19-9-7-17(23)8-10-19/h7-16,18H,2-6H2,1H3. The number of carbonyl (C=O) groups is 1. The van der Waals surface area contributed by atoms with Crippen LogP contribution in [0.5, 0.6) is 11.5 Å². The molecule has 0 heterocycles. The van der Waals surface area contributed by atoms with Crippen LogP contribution >= 0.6 is 0 Å². The molecule has 0 spiro atoms. The number of benzene rings is 2. The Balaban J connectivity index is 1.81. The highest BCUT2D eigenvalue weighted by Crippen LogP contribution is 2.30. The van der Waals surface area contributed by atoms with Crippen LogP contribution in [0.15, 0.2) is 65.7 Å². The van der Waals surface area contributed by atoms with Crippen molar-refractivity contribution >= 4 is 16.0 Å². The summed E-state index contributed by atoms with van der Waals surface area (Å²) in [5.74, 6) is -0.0857. The number of nitrogens with zero attached hydrogens (tertiary/aromatic N) is 1. The van der Waals surface area contributed by atoms with Crippen LogP contribution in [-0.4, -0.2) is 31.3 Å². The number of rotatable bonds is 8. The smallest absolute Gasteiger partial charge is 0.332 e. The van der Waals surface area contributed by atoms with Crippen molar-refractivity contribution in [1.82, 2.24) is 4.31 Å². The summed E-state index contributed by atoms with van der Waals surface area (Å²) in [4.78, 5) is 11.8. The van der Waals surface area contributed by atoms with Gasteiger partial charge in [0.15, 0.2) is 0 Å². The van der Waals surface area contributed by atoms with Gasteiger partial charge in [-0.25, -0.2) is 17.6 Å². The highest BCUT2D eigenvalue weighted by atomic mass is 32.2. The summed E-state index contributed by atoms with van der Waals surface area (Å²) in [5.41, 5.74) is 0. The largest absolute Gasteiger partial charge is 0.463 e. The number of hydrogen-bond acceptors (Lipinski definition) is 5. The Morgan fingerprint density at radius 2 is 1.63 bits per heavy atom. The van der Waals surface area contributed by atoms with Gasteiger partial charge >= 0.3 is 5.97 Å². The fraction of sp³-hybridized carbons (Fsp3) is 0.318. The van der Waals surface area contributed by atoms with E-state index < -0.39 is 16.0 Å². The number of hydrogen-bond donors (Lipinski definition) is 0. The Morgan fingerprint density at radius 1 is 1.07 bits per heavy atom. The van der Waals surface area contributed by atoms with Crippen molar-refractivity contribution in [2.45, 2.75) is 43.5 Å². The first-order chi connectivity index (χ1) is 14.4. The van der Waals surface area contributed by atoms with Gasteiger partial charge < -0.3 is 9.47 Å². The molecule has 0 unspecified atom stereocenters. The molecule has 0 atom stereocenters. The van der Waals surface area contributed by atoms with Crippen LogP contribution in [0.4, 0.5) is 4.39 Å². The second-order valence-electron chi connectivity index (χ2n) is 6.87. The van der Waals surface area contributed by atoms with Gasteiger partial charge in [0.2, 0.25) is 0 Å². The van der Waals surface area contributed by atoms with Crippen LogP contribution < -0.4 is 4.74 Å². The van der Waals surface area contributed by atoms with E-state index in [4.69, 9.17) is 9.47 Å². The van der Waals surface area contributed by atoms with E-state index in [2.05, 4.69) is 0 Å². The summed E-state index contributed by atoms with van der Waals surface area (Å²) >= 11 is 0. The quantitative estimate of drug-likeness (QED) is 0.448. The lowest BCUT2D eigenvalue weighted by molar-refractivity contribution is -0.137. The normalized spacial score (nSPS) is 14.7. The van der Waals surface area contributed by atoms with Crippen LogP contribution in [0.2, 0.25) is 0 Å². The van der Waals surface area contributed by atoms with E-state index in [1.165, 1.54) is 59.0 Å². The van der Waals surface area contributed by atoms with Crippen LogP contribution in [0.25, 0.3) is 0 Å². The van der Waals surface area contributed by atoms with Gasteiger partial charge in [0, 0.05) is 18.3 Å². The summed E-state index contributed by atoms with van der Waals surface area (Å²) in [6.45, 7) is 1.90. The van der Waals surface area contributed by atoms with Gasteiger partial charge in [-0.05, 0) is 68.3 Å². The predicted molar refractivity (Wildman–Crippen MR) is 110 cm³/mol. The third-order valence-electron chi connectivity index (χ3n) is 4.78. The summed E-state index contributed by atoms with van der Waals surface area (Å²) in [7, 11) is -3.86. The minimum absolute atomic E-state index is 0.0920. The van der Waals surface area contributed by atoms with Gasteiger partial charge in [-0.1, -0.05) is 12.8 Å². The van der Waals surface area contributed by atoms with Gasteiger partial charge in [-0.3, -0.25) is 4.31 Å². The average molecular weight is 434 g/mol. The lowest BCUT2D eigenvalue weighted by Crippen LogP contribution is -2.34. The van der Waals surface area contributed by atoms with E-state index in [1.807, 2.05) is 0 Å². The monoisotopic (exact) mass is 433 g/mol. The fourth-order valence-corrected chi connectivity index (χ4v) is 4.87. The lowest BCUT2D eigenvalue weighted by Gasteiger charge is -2.26. The van der Waals surface area contributed by atoms with Crippen LogP contribution in [0, 0.1) is 5.82 Å². The molecule has 0 amide bonds. The minimum atomic E-state index is -3.86. The third kappa shape index (κ3) is 5.38. The minimum Gasteiger partial charge on any atom is -0.463 e. The van der Waals surface area contributed by atoms with Crippen LogP contribution in [0.3, 0.4) is 0 Å². The van der Waals surface area contributed by atoms with E-state index in [1.54, 1.807) is 6.92 Å². The molecule has 1 fully saturated rings. The predicted octanol–water partition coefficient (Wildman–Crippen LogP) is 4.63. The molecule has 0 N–H and O–H groups in total. The van der Waals surface area contributed by atoms with Crippen LogP contribution in [-0.2, 0) is 19.6 Å². The van der Waals surface area contributed by atoms with Crippen molar-refractivity contribution in [1.29, 1.82) is 0 Å². The number of esters is 1. The van der Waals surface area contributed by atoms with Gasteiger partial charge in [0.1, 0.15) is 17.3 Å². The molecule has 8 heteroatoms. The molecular weight excluding hydrogens is 409 g/mol. The molecule has 0 saturated heterocycles. The van der Waals surface area contributed by atoms with Gasteiger partial charge in [-0.15, -0.1) is 0 Å². The number of sulfonamides is 1. The number of halogens is 1. The molecule has 1 saturated carbocycles. The Morgan fingerprint density at radius 3 is 2.20 bits per heavy atom. The lowest BCUT2D eigenvalue weighted by atomic mass is 10.2. The Kier molecular flexibility index (Phi) is 7.10. The number of carbonyl (C=O) groups excluding carboxylic acids is 1. The van der Waals surface area contributed by atoms with E-state index in [9.17, 15) is 17.6 Å². The zero-order valence-electron chi connectivity index (χ0n) is 16.7. The molecule has 1 aliphatic rings. The molecule has 2 aromatic carbocycles. The molecule has 6 nitrogen and oxygen atoms in total. The molecule has 1 aliphatic carbocycles. The van der Waals surface area contributed by atoms with Crippen molar-refractivity contribution in [3.63, 3.8) is 0 Å². The van der Waals surface area contributed by atoms with Crippen LogP contribution in [0.1, 0.15) is 32.6 Å². The molecule has 0 radical (unpaired) electrons. The summed E-state index contributed by atoms with van der Waals surface area (Å²) < 4.78 is 51.2. The molecule has 160 valence electrons. The molecule has 0 aliphatic heterocycles. The second kappa shape index (κ2) is 9.75. The first kappa shape index (κ1) is 21.8. The molecular formula is C22H24FNO5S. The molecule has 2 aromatic rings. The summed E-state index contributed by atoms with van der Waals surface area (Å²) in [6, 6.07) is 11.3. The molecule has 30 heavy (non-hydrogen) atoms. The molecule has 3 rings (SSSR count). The highest BCUT2D eigenvalue weighted by Gasteiger charge is 2.31. The zero-order chi connectivity index (χ0) is 21.6. The van der Waals surface area contributed by atoms with E-state index in [-0.39, 0.29) is 23.4 Å². The van der Waals surface area contributed by atoms with Gasteiger partial charge in [0.25, 0.3) is 10.0 Å². The SMILES string of the molecule is CCOC(=O)C=CN(C1CCCC1)S(=O)(=O)c1ccc(Oc2ccc(F)cc2)cc1. The van der Waals surface area contributed by atoms with Gasteiger partial charge in [-0.2, -0.15) is 0 Å². The van der Waals surface area contributed by atoms with Crippen molar-refractivity contribution in [3.05, 3.63) is 66.6 Å². The first-order valence-corrected chi connectivity index (χ1v) is 11.3.